The number of nitrogens with one attached hydrogen (secondary N) is 1. The van der Waals surface area contributed by atoms with Crippen LogP contribution in [-0.2, 0) is 28.9 Å². The predicted molar refractivity (Wildman–Crippen MR) is 108 cm³/mol. The summed E-state index contributed by atoms with van der Waals surface area (Å²) in [6.45, 7) is 7.73. The molecule has 4 heteroatoms. The normalized spacial score (nSPS) is 10.5. The molecule has 0 aliphatic rings. The van der Waals surface area contributed by atoms with Crippen molar-refractivity contribution in [2.45, 2.75) is 47.0 Å². The van der Waals surface area contributed by atoms with Gasteiger partial charge in [-0.15, -0.1) is 0 Å². The minimum absolute atomic E-state index is 0.00881. The number of amides is 2. The third kappa shape index (κ3) is 4.72. The monoisotopic (exact) mass is 352 g/mol. The molecule has 0 heterocycles. The van der Waals surface area contributed by atoms with Crippen molar-refractivity contribution in [1.29, 1.82) is 0 Å². The van der Waals surface area contributed by atoms with Crippen LogP contribution < -0.4 is 10.2 Å². The van der Waals surface area contributed by atoms with Crippen molar-refractivity contribution >= 4 is 23.2 Å². The van der Waals surface area contributed by atoms with E-state index in [1.54, 1.807) is 4.90 Å². The zero-order valence-electron chi connectivity index (χ0n) is 16.1. The fraction of sp³-hybridized carbons (Fsp3) is 0.364. The molecule has 0 aromatic heterocycles. The molecule has 0 fully saturated rings. The number of nitrogens with zero attached hydrogens (tertiary/aromatic N) is 1. The lowest BCUT2D eigenvalue weighted by atomic mass is 10.0. The number of hydrogen-bond donors (Lipinski definition) is 1. The molecule has 2 rings (SSSR count). The highest BCUT2D eigenvalue weighted by Crippen LogP contribution is 2.27. The van der Waals surface area contributed by atoms with Crippen molar-refractivity contribution in [2.75, 3.05) is 16.8 Å². The number of hydrogen-bond acceptors (Lipinski definition) is 2. The first kappa shape index (κ1) is 19.7. The molecular weight excluding hydrogens is 324 g/mol. The molecule has 0 aliphatic heterocycles. The van der Waals surface area contributed by atoms with Crippen molar-refractivity contribution in [1.82, 2.24) is 0 Å². The van der Waals surface area contributed by atoms with Crippen LogP contribution in [0.2, 0.25) is 0 Å². The predicted octanol–water partition coefficient (Wildman–Crippen LogP) is 4.37. The van der Waals surface area contributed by atoms with Gasteiger partial charge >= 0.3 is 0 Å². The van der Waals surface area contributed by atoms with E-state index in [1.165, 1.54) is 12.5 Å². The largest absolute Gasteiger partial charge is 0.325 e. The van der Waals surface area contributed by atoms with Crippen LogP contribution in [0.15, 0.2) is 42.5 Å². The van der Waals surface area contributed by atoms with Crippen LogP contribution in [-0.4, -0.2) is 18.4 Å². The summed E-state index contributed by atoms with van der Waals surface area (Å²) in [6, 6.07) is 13.8. The zero-order valence-corrected chi connectivity index (χ0v) is 16.1. The molecule has 2 aromatic carbocycles. The van der Waals surface area contributed by atoms with Gasteiger partial charge in [0.05, 0.1) is 5.69 Å². The molecule has 4 nitrogen and oxygen atoms in total. The van der Waals surface area contributed by atoms with Crippen LogP contribution in [0.25, 0.3) is 0 Å². The molecule has 0 atom stereocenters. The van der Waals surface area contributed by atoms with Gasteiger partial charge in [0.25, 0.3) is 0 Å². The van der Waals surface area contributed by atoms with E-state index in [0.29, 0.717) is 0 Å². The van der Waals surface area contributed by atoms with Gasteiger partial charge in [-0.25, -0.2) is 0 Å². The van der Waals surface area contributed by atoms with Crippen molar-refractivity contribution in [2.24, 2.45) is 0 Å². The van der Waals surface area contributed by atoms with E-state index < -0.39 is 0 Å². The van der Waals surface area contributed by atoms with Gasteiger partial charge in [0.2, 0.25) is 11.8 Å². The van der Waals surface area contributed by atoms with Gasteiger partial charge < -0.3 is 10.2 Å². The maximum absolute atomic E-state index is 12.5. The summed E-state index contributed by atoms with van der Waals surface area (Å²) < 4.78 is 0. The highest BCUT2D eigenvalue weighted by atomic mass is 16.2. The van der Waals surface area contributed by atoms with Crippen LogP contribution in [0.1, 0.15) is 44.4 Å². The Bertz CT molecular complexity index is 744. The number of carbonyl (C=O) groups is 2. The van der Waals surface area contributed by atoms with E-state index in [4.69, 9.17) is 0 Å². The van der Waals surface area contributed by atoms with E-state index >= 15 is 0 Å². The van der Waals surface area contributed by atoms with Gasteiger partial charge in [-0.3, -0.25) is 9.59 Å². The van der Waals surface area contributed by atoms with Gasteiger partial charge in [-0.1, -0.05) is 51.1 Å². The molecule has 0 unspecified atom stereocenters. The second-order valence-electron chi connectivity index (χ2n) is 6.34. The summed E-state index contributed by atoms with van der Waals surface area (Å²) in [5, 5.41) is 2.89. The SMILES string of the molecule is CCc1ccc(NC(=O)CN(C(C)=O)c2c(CC)cccc2CC)cc1. The molecule has 0 radical (unpaired) electrons. The smallest absolute Gasteiger partial charge is 0.244 e. The van der Waals surface area contributed by atoms with Gasteiger partial charge in [0.1, 0.15) is 6.54 Å². The van der Waals surface area contributed by atoms with E-state index in [1.807, 2.05) is 42.5 Å². The van der Waals surface area contributed by atoms with Crippen molar-refractivity contribution in [3.63, 3.8) is 0 Å². The Balaban J connectivity index is 2.23. The molecule has 1 N–H and O–H groups in total. The van der Waals surface area contributed by atoms with Gasteiger partial charge in [-0.2, -0.15) is 0 Å². The minimum Gasteiger partial charge on any atom is -0.325 e. The van der Waals surface area contributed by atoms with Crippen molar-refractivity contribution in [3.05, 3.63) is 59.2 Å². The van der Waals surface area contributed by atoms with Crippen LogP contribution in [0.5, 0.6) is 0 Å². The lowest BCUT2D eigenvalue weighted by Crippen LogP contribution is -2.37. The summed E-state index contributed by atoms with van der Waals surface area (Å²) in [5.41, 5.74) is 5.01. The second-order valence-corrected chi connectivity index (χ2v) is 6.34. The number of carbonyl (C=O) groups excluding carboxylic acids is 2. The summed E-state index contributed by atoms with van der Waals surface area (Å²) in [5.74, 6) is -0.325. The molecule has 0 saturated heterocycles. The number of aryl methyl sites for hydroxylation is 3. The van der Waals surface area contributed by atoms with Crippen LogP contribution >= 0.6 is 0 Å². The maximum atomic E-state index is 12.5. The first-order chi connectivity index (χ1) is 12.5. The second kappa shape index (κ2) is 9.18. The summed E-state index contributed by atoms with van der Waals surface area (Å²) in [6.07, 6.45) is 2.58. The topological polar surface area (TPSA) is 49.4 Å². The fourth-order valence-electron chi connectivity index (χ4n) is 3.08. The Kier molecular flexibility index (Phi) is 6.96. The first-order valence-electron chi connectivity index (χ1n) is 9.27. The summed E-state index contributed by atoms with van der Waals surface area (Å²) in [4.78, 5) is 26.4. The number of benzene rings is 2. The molecule has 138 valence electrons. The zero-order chi connectivity index (χ0) is 19.1. The number of rotatable bonds is 7. The lowest BCUT2D eigenvalue weighted by molar-refractivity contribution is -0.120. The Hall–Kier alpha value is -2.62. The van der Waals surface area contributed by atoms with E-state index in [-0.39, 0.29) is 18.4 Å². The number of anilines is 2. The quantitative estimate of drug-likeness (QED) is 0.804. The van der Waals surface area contributed by atoms with E-state index in [2.05, 4.69) is 26.1 Å². The molecule has 2 amide bonds. The Morgan fingerprint density at radius 3 is 1.92 bits per heavy atom. The standard InChI is InChI=1S/C22H28N2O2/c1-5-17-11-13-20(14-12-17)23-21(26)15-24(16(4)25)22-18(6-2)9-8-10-19(22)7-3/h8-14H,5-7,15H2,1-4H3,(H,23,26). The van der Waals surface area contributed by atoms with Gasteiger partial charge in [0.15, 0.2) is 0 Å². The van der Waals surface area contributed by atoms with E-state index in [9.17, 15) is 9.59 Å². The molecule has 2 aromatic rings. The molecule has 0 bridgehead atoms. The van der Waals surface area contributed by atoms with E-state index in [0.717, 1.165) is 41.8 Å². The lowest BCUT2D eigenvalue weighted by Gasteiger charge is -2.26. The number of para-hydroxylation sites is 1. The Morgan fingerprint density at radius 2 is 1.46 bits per heavy atom. The summed E-state index contributed by atoms with van der Waals surface area (Å²) in [7, 11) is 0. The maximum Gasteiger partial charge on any atom is 0.244 e. The highest BCUT2D eigenvalue weighted by molar-refractivity contribution is 6.02. The molecule has 0 spiro atoms. The molecular formula is C22H28N2O2. The fourth-order valence-corrected chi connectivity index (χ4v) is 3.08. The Labute approximate surface area is 156 Å². The molecule has 26 heavy (non-hydrogen) atoms. The van der Waals surface area contributed by atoms with Gasteiger partial charge in [-0.05, 0) is 48.1 Å². The van der Waals surface area contributed by atoms with Crippen LogP contribution in [0, 0.1) is 0 Å². The minimum atomic E-state index is -0.197. The average molecular weight is 352 g/mol. The van der Waals surface area contributed by atoms with Crippen molar-refractivity contribution in [3.8, 4) is 0 Å². The van der Waals surface area contributed by atoms with Crippen LogP contribution in [0.3, 0.4) is 0 Å². The Morgan fingerprint density at radius 1 is 0.885 bits per heavy atom. The van der Waals surface area contributed by atoms with Crippen LogP contribution in [0.4, 0.5) is 11.4 Å². The average Bonchev–Trinajstić information content (AvgIpc) is 2.65. The first-order valence-corrected chi connectivity index (χ1v) is 9.27. The highest BCUT2D eigenvalue weighted by Gasteiger charge is 2.21. The third-order valence-electron chi connectivity index (χ3n) is 4.56. The molecule has 0 saturated carbocycles. The van der Waals surface area contributed by atoms with Gasteiger partial charge in [0, 0.05) is 12.6 Å². The van der Waals surface area contributed by atoms with Crippen molar-refractivity contribution < 1.29 is 9.59 Å². The third-order valence-corrected chi connectivity index (χ3v) is 4.56. The molecule has 0 aliphatic carbocycles. The summed E-state index contributed by atoms with van der Waals surface area (Å²) >= 11 is 0.